The van der Waals surface area contributed by atoms with Crippen LogP contribution in [0.3, 0.4) is 0 Å². The zero-order valence-electron chi connectivity index (χ0n) is 13.1. The summed E-state index contributed by atoms with van der Waals surface area (Å²) in [6.07, 6.45) is 0.358. The van der Waals surface area contributed by atoms with Crippen LogP contribution in [-0.2, 0) is 20.7 Å². The molecule has 1 aromatic carbocycles. The number of carbonyl (C=O) groups is 2. The summed E-state index contributed by atoms with van der Waals surface area (Å²) in [7, 11) is 0. The minimum Gasteiger partial charge on any atom is -0.484 e. The van der Waals surface area contributed by atoms with E-state index in [-0.39, 0.29) is 13.2 Å². The van der Waals surface area contributed by atoms with E-state index in [9.17, 15) is 14.0 Å². The van der Waals surface area contributed by atoms with Crippen LogP contribution in [0.1, 0.15) is 26.3 Å². The van der Waals surface area contributed by atoms with Crippen LogP contribution in [0.15, 0.2) is 24.3 Å². The van der Waals surface area contributed by atoms with E-state index in [4.69, 9.17) is 9.47 Å². The third-order valence-corrected chi connectivity index (χ3v) is 2.53. The van der Waals surface area contributed by atoms with Crippen molar-refractivity contribution in [1.82, 2.24) is 5.32 Å². The molecule has 0 aliphatic rings. The Balaban J connectivity index is 2.29. The monoisotopic (exact) mass is 311 g/mol. The smallest absolute Gasteiger partial charge is 0.325 e. The molecule has 1 amide bonds. The van der Waals surface area contributed by atoms with E-state index in [0.29, 0.717) is 12.2 Å². The van der Waals surface area contributed by atoms with E-state index in [1.165, 1.54) is 0 Å². The third-order valence-electron chi connectivity index (χ3n) is 2.53. The van der Waals surface area contributed by atoms with Crippen LogP contribution >= 0.6 is 0 Å². The molecule has 0 aliphatic carbocycles. The Kier molecular flexibility index (Phi) is 6.82. The van der Waals surface area contributed by atoms with E-state index in [1.807, 2.05) is 0 Å². The molecule has 0 saturated carbocycles. The van der Waals surface area contributed by atoms with Crippen molar-refractivity contribution in [1.29, 1.82) is 0 Å². The highest BCUT2D eigenvalue weighted by molar-refractivity contribution is 5.82. The Labute approximate surface area is 129 Å². The fourth-order valence-electron chi connectivity index (χ4n) is 1.61. The van der Waals surface area contributed by atoms with Crippen LogP contribution in [-0.4, -0.2) is 37.3 Å². The van der Waals surface area contributed by atoms with Gasteiger partial charge in [-0.1, -0.05) is 12.1 Å². The molecule has 0 atom stereocenters. The average Bonchev–Trinajstić information content (AvgIpc) is 2.43. The largest absolute Gasteiger partial charge is 0.484 e. The standard InChI is InChI=1S/C16H22FNO4/c1-16(2,3)22-15(20)10-18-14(19)11-21-13-6-4-12(5-7-13)8-9-17/h4-7H,8-11H2,1-3H3,(H,18,19). The van der Waals surface area contributed by atoms with Crippen molar-refractivity contribution < 1.29 is 23.5 Å². The quantitative estimate of drug-likeness (QED) is 0.783. The summed E-state index contributed by atoms with van der Waals surface area (Å²) in [6.45, 7) is 4.45. The molecule has 0 radical (unpaired) electrons. The number of carbonyl (C=O) groups excluding carboxylic acids is 2. The van der Waals surface area contributed by atoms with Crippen LogP contribution in [0.5, 0.6) is 5.75 Å². The number of hydrogen-bond donors (Lipinski definition) is 1. The molecule has 0 fully saturated rings. The predicted molar refractivity (Wildman–Crippen MR) is 80.5 cm³/mol. The first-order valence-corrected chi connectivity index (χ1v) is 7.06. The zero-order valence-corrected chi connectivity index (χ0v) is 13.1. The van der Waals surface area contributed by atoms with Crippen molar-refractivity contribution in [3.05, 3.63) is 29.8 Å². The van der Waals surface area contributed by atoms with Gasteiger partial charge in [0.1, 0.15) is 17.9 Å². The minimum atomic E-state index is -0.584. The number of ether oxygens (including phenoxy) is 2. The zero-order chi connectivity index (χ0) is 16.6. The Morgan fingerprint density at radius 3 is 2.36 bits per heavy atom. The van der Waals surface area contributed by atoms with Crippen LogP contribution in [0.4, 0.5) is 4.39 Å². The molecular formula is C16H22FNO4. The highest BCUT2D eigenvalue weighted by atomic mass is 19.1. The molecule has 0 aliphatic heterocycles. The first kappa shape index (κ1) is 17.9. The van der Waals surface area contributed by atoms with Gasteiger partial charge in [-0.3, -0.25) is 14.0 Å². The van der Waals surface area contributed by atoms with Gasteiger partial charge in [-0.25, -0.2) is 0 Å². The van der Waals surface area contributed by atoms with Crippen molar-refractivity contribution >= 4 is 11.9 Å². The van der Waals surface area contributed by atoms with Crippen molar-refractivity contribution in [3.8, 4) is 5.75 Å². The number of nitrogens with one attached hydrogen (secondary N) is 1. The topological polar surface area (TPSA) is 64.6 Å². The number of hydrogen-bond acceptors (Lipinski definition) is 4. The van der Waals surface area contributed by atoms with E-state index in [1.54, 1.807) is 45.0 Å². The molecule has 0 aromatic heterocycles. The summed E-state index contributed by atoms with van der Waals surface area (Å²) in [4.78, 5) is 23.0. The number of benzene rings is 1. The van der Waals surface area contributed by atoms with Gasteiger partial charge in [0.05, 0.1) is 6.67 Å². The van der Waals surface area contributed by atoms with E-state index >= 15 is 0 Å². The Bertz CT molecular complexity index is 494. The lowest BCUT2D eigenvalue weighted by molar-refractivity contribution is -0.154. The average molecular weight is 311 g/mol. The SMILES string of the molecule is CC(C)(C)OC(=O)CNC(=O)COc1ccc(CCF)cc1. The Hall–Kier alpha value is -2.11. The van der Waals surface area contributed by atoms with Crippen LogP contribution in [0.2, 0.25) is 0 Å². The minimum absolute atomic E-state index is 0.200. The summed E-state index contributed by atoms with van der Waals surface area (Å²) in [5.74, 6) is -0.412. The lowest BCUT2D eigenvalue weighted by atomic mass is 10.2. The summed E-state index contributed by atoms with van der Waals surface area (Å²) in [6, 6.07) is 6.83. The molecule has 0 saturated heterocycles. The maximum absolute atomic E-state index is 12.2. The lowest BCUT2D eigenvalue weighted by Gasteiger charge is -2.19. The van der Waals surface area contributed by atoms with Gasteiger partial charge >= 0.3 is 5.97 Å². The van der Waals surface area contributed by atoms with Crippen molar-refractivity contribution in [3.63, 3.8) is 0 Å². The predicted octanol–water partition coefficient (Wildman–Crippen LogP) is 2.04. The van der Waals surface area contributed by atoms with Gasteiger partial charge in [-0.15, -0.1) is 0 Å². The summed E-state index contributed by atoms with van der Waals surface area (Å²) in [5, 5.41) is 2.42. The van der Waals surface area contributed by atoms with Gasteiger partial charge in [-0.2, -0.15) is 0 Å². The molecule has 5 nitrogen and oxygen atoms in total. The van der Waals surface area contributed by atoms with Crippen molar-refractivity contribution in [2.24, 2.45) is 0 Å². The number of aryl methyl sites for hydroxylation is 1. The summed E-state index contributed by atoms with van der Waals surface area (Å²) >= 11 is 0. The highest BCUT2D eigenvalue weighted by Crippen LogP contribution is 2.12. The fourth-order valence-corrected chi connectivity index (χ4v) is 1.61. The number of alkyl halides is 1. The Morgan fingerprint density at radius 2 is 1.82 bits per heavy atom. The first-order valence-electron chi connectivity index (χ1n) is 7.06. The number of esters is 1. The normalized spacial score (nSPS) is 10.9. The number of amides is 1. The molecule has 1 rings (SSSR count). The molecule has 0 bridgehead atoms. The van der Waals surface area contributed by atoms with Gasteiger partial charge in [-0.05, 0) is 38.5 Å². The molecule has 122 valence electrons. The second-order valence-corrected chi connectivity index (χ2v) is 5.73. The molecule has 22 heavy (non-hydrogen) atoms. The molecule has 6 heteroatoms. The van der Waals surface area contributed by atoms with E-state index < -0.39 is 24.2 Å². The van der Waals surface area contributed by atoms with Crippen LogP contribution in [0, 0.1) is 0 Å². The van der Waals surface area contributed by atoms with E-state index in [0.717, 1.165) is 5.56 Å². The summed E-state index contributed by atoms with van der Waals surface area (Å²) < 4.78 is 22.5. The fraction of sp³-hybridized carbons (Fsp3) is 0.500. The van der Waals surface area contributed by atoms with Gasteiger partial charge in [0.15, 0.2) is 6.61 Å². The van der Waals surface area contributed by atoms with Gasteiger partial charge in [0.2, 0.25) is 0 Å². The molecule has 0 unspecified atom stereocenters. The second-order valence-electron chi connectivity index (χ2n) is 5.73. The van der Waals surface area contributed by atoms with E-state index in [2.05, 4.69) is 5.32 Å². The van der Waals surface area contributed by atoms with Gasteiger partial charge < -0.3 is 14.8 Å². The van der Waals surface area contributed by atoms with Gasteiger partial charge in [0.25, 0.3) is 5.91 Å². The third kappa shape index (κ3) is 7.61. The highest BCUT2D eigenvalue weighted by Gasteiger charge is 2.16. The van der Waals surface area contributed by atoms with Gasteiger partial charge in [0, 0.05) is 6.42 Å². The Morgan fingerprint density at radius 1 is 1.18 bits per heavy atom. The van der Waals surface area contributed by atoms with Crippen LogP contribution < -0.4 is 10.1 Å². The second kappa shape index (κ2) is 8.36. The summed E-state index contributed by atoms with van der Waals surface area (Å²) in [5.41, 5.74) is 0.281. The van der Waals surface area contributed by atoms with Crippen LogP contribution in [0.25, 0.3) is 0 Å². The van der Waals surface area contributed by atoms with Crippen molar-refractivity contribution in [2.75, 3.05) is 19.8 Å². The molecule has 1 N–H and O–H groups in total. The number of halogens is 1. The maximum Gasteiger partial charge on any atom is 0.325 e. The molecule has 1 aromatic rings. The first-order chi connectivity index (χ1) is 10.3. The number of rotatable bonds is 7. The molecular weight excluding hydrogens is 289 g/mol. The maximum atomic E-state index is 12.2. The molecule has 0 heterocycles. The van der Waals surface area contributed by atoms with Crippen molar-refractivity contribution in [2.45, 2.75) is 32.8 Å². The lowest BCUT2D eigenvalue weighted by Crippen LogP contribution is -2.36. The molecule has 0 spiro atoms.